The Kier molecular flexibility index (Phi) is 3.29. The highest BCUT2D eigenvalue weighted by Gasteiger charge is 2.24. The molecule has 1 aliphatic rings. The Morgan fingerprint density at radius 1 is 1.38 bits per heavy atom. The maximum absolute atomic E-state index is 14.1. The van der Waals surface area contributed by atoms with Gasteiger partial charge in [0, 0.05) is 18.4 Å². The molecule has 5 nitrogen and oxygen atoms in total. The minimum absolute atomic E-state index is 0.0589. The number of nitrogens with one attached hydrogen (secondary N) is 1. The zero-order valence-corrected chi connectivity index (χ0v) is 11.9. The van der Waals surface area contributed by atoms with Crippen molar-refractivity contribution in [1.82, 2.24) is 9.97 Å². The molecule has 6 heteroatoms. The number of aryl methyl sites for hydroxylation is 1. The van der Waals surface area contributed by atoms with Gasteiger partial charge in [0.2, 0.25) is 5.91 Å². The Hall–Kier alpha value is -2.50. The molecule has 1 aliphatic heterocycles. The number of amides is 1. The minimum atomic E-state index is -0.436. The number of benzene rings is 1. The molecule has 0 bridgehead atoms. The van der Waals surface area contributed by atoms with E-state index in [-0.39, 0.29) is 11.7 Å². The van der Waals surface area contributed by atoms with Gasteiger partial charge in [-0.2, -0.15) is 0 Å². The van der Waals surface area contributed by atoms with Gasteiger partial charge in [-0.3, -0.25) is 4.79 Å². The number of nitrogens with zero attached hydrogens (tertiary/aromatic N) is 3. The molecule has 0 fully saturated rings. The molecule has 1 N–H and O–H groups in total. The van der Waals surface area contributed by atoms with Gasteiger partial charge in [-0.15, -0.1) is 0 Å². The van der Waals surface area contributed by atoms with Crippen LogP contribution in [0.4, 0.5) is 21.6 Å². The summed E-state index contributed by atoms with van der Waals surface area (Å²) in [5.74, 6) is -0.225. The number of halogens is 1. The van der Waals surface area contributed by atoms with Crippen molar-refractivity contribution in [2.75, 3.05) is 17.3 Å². The van der Waals surface area contributed by atoms with Crippen molar-refractivity contribution >= 4 is 23.1 Å². The topological polar surface area (TPSA) is 58.1 Å². The largest absolute Gasteiger partial charge is 0.338 e. The monoisotopic (exact) mass is 286 g/mol. The molecule has 0 radical (unpaired) electrons. The molecule has 0 saturated heterocycles. The Balaban J connectivity index is 1.90. The summed E-state index contributed by atoms with van der Waals surface area (Å²) < 4.78 is 14.1. The first-order valence-corrected chi connectivity index (χ1v) is 6.76. The summed E-state index contributed by atoms with van der Waals surface area (Å²) in [6.07, 6.45) is 2.22. The van der Waals surface area contributed by atoms with Gasteiger partial charge in [-0.25, -0.2) is 14.4 Å². The molecule has 0 unspecified atom stereocenters. The van der Waals surface area contributed by atoms with Crippen LogP contribution in [0, 0.1) is 5.82 Å². The summed E-state index contributed by atoms with van der Waals surface area (Å²) >= 11 is 0. The molecule has 2 heterocycles. The number of rotatable bonds is 3. The summed E-state index contributed by atoms with van der Waals surface area (Å²) in [7, 11) is 1.75. The molecule has 2 aromatic rings. The zero-order valence-electron chi connectivity index (χ0n) is 11.9. The summed E-state index contributed by atoms with van der Waals surface area (Å²) in [6, 6.07) is 5.51. The first-order chi connectivity index (χ1) is 10.1. The molecule has 1 aromatic carbocycles. The predicted molar refractivity (Wildman–Crippen MR) is 78.2 cm³/mol. The number of likely N-dealkylation sites (N-methyl/N-ethyl adjacent to an activating group) is 1. The van der Waals surface area contributed by atoms with Crippen molar-refractivity contribution in [3.05, 3.63) is 41.6 Å². The van der Waals surface area contributed by atoms with E-state index in [9.17, 15) is 9.18 Å². The van der Waals surface area contributed by atoms with Crippen molar-refractivity contribution in [1.29, 1.82) is 0 Å². The fourth-order valence-corrected chi connectivity index (χ4v) is 2.42. The quantitative estimate of drug-likeness (QED) is 0.941. The molecule has 3 rings (SSSR count). The second kappa shape index (κ2) is 5.12. The van der Waals surface area contributed by atoms with Crippen LogP contribution in [-0.4, -0.2) is 22.9 Å². The Labute approximate surface area is 121 Å². The lowest BCUT2D eigenvalue weighted by molar-refractivity contribution is -0.117. The minimum Gasteiger partial charge on any atom is -0.338 e. The molecule has 0 aliphatic carbocycles. The summed E-state index contributed by atoms with van der Waals surface area (Å²) in [6.45, 7) is 1.84. The van der Waals surface area contributed by atoms with Gasteiger partial charge >= 0.3 is 0 Å². The van der Waals surface area contributed by atoms with Crippen LogP contribution in [-0.2, 0) is 17.6 Å². The second-order valence-electron chi connectivity index (χ2n) is 4.93. The molecule has 108 valence electrons. The molecule has 0 saturated carbocycles. The van der Waals surface area contributed by atoms with Gasteiger partial charge < -0.3 is 10.2 Å². The van der Waals surface area contributed by atoms with E-state index in [4.69, 9.17) is 0 Å². The van der Waals surface area contributed by atoms with Crippen molar-refractivity contribution < 1.29 is 9.18 Å². The van der Waals surface area contributed by atoms with Gasteiger partial charge in [-0.1, -0.05) is 6.92 Å². The van der Waals surface area contributed by atoms with E-state index in [2.05, 4.69) is 15.3 Å². The van der Waals surface area contributed by atoms with Crippen LogP contribution in [0.1, 0.15) is 18.2 Å². The van der Waals surface area contributed by atoms with E-state index in [1.54, 1.807) is 18.0 Å². The van der Waals surface area contributed by atoms with Crippen molar-refractivity contribution in [2.45, 2.75) is 19.8 Å². The van der Waals surface area contributed by atoms with Crippen LogP contribution >= 0.6 is 0 Å². The highest BCUT2D eigenvalue weighted by molar-refractivity contribution is 6.01. The van der Waals surface area contributed by atoms with Gasteiger partial charge in [0.1, 0.15) is 6.33 Å². The first kappa shape index (κ1) is 13.5. The molecular weight excluding hydrogens is 271 g/mol. The lowest BCUT2D eigenvalue weighted by atomic mass is 10.1. The third-order valence-electron chi connectivity index (χ3n) is 3.62. The predicted octanol–water partition coefficient (Wildman–Crippen LogP) is 2.44. The standard InChI is InChI=1S/C15H15FN4O/c1-3-11-14(16)15(18-8-17-11)19-10-4-5-12-9(6-10)7-13(21)20(12)2/h4-6,8H,3,7H2,1-2H3,(H,17,18,19). The fraction of sp³-hybridized carbons (Fsp3) is 0.267. The van der Waals surface area contributed by atoms with E-state index < -0.39 is 5.82 Å². The second-order valence-corrected chi connectivity index (χ2v) is 4.93. The highest BCUT2D eigenvalue weighted by atomic mass is 19.1. The Morgan fingerprint density at radius 3 is 2.95 bits per heavy atom. The first-order valence-electron chi connectivity index (χ1n) is 6.76. The number of carbonyl (C=O) groups is 1. The third-order valence-corrected chi connectivity index (χ3v) is 3.62. The SMILES string of the molecule is CCc1ncnc(Nc2ccc3c(c2)CC(=O)N3C)c1F. The zero-order chi connectivity index (χ0) is 15.0. The lowest BCUT2D eigenvalue weighted by Crippen LogP contribution is -2.20. The van der Waals surface area contributed by atoms with Crippen molar-refractivity contribution in [2.24, 2.45) is 0 Å². The number of hydrogen-bond donors (Lipinski definition) is 1. The maximum Gasteiger partial charge on any atom is 0.231 e. The average molecular weight is 286 g/mol. The van der Waals surface area contributed by atoms with E-state index in [0.717, 1.165) is 11.3 Å². The summed E-state index contributed by atoms with van der Waals surface area (Å²) in [5.41, 5.74) is 2.90. The summed E-state index contributed by atoms with van der Waals surface area (Å²) in [5, 5.41) is 2.95. The molecule has 0 atom stereocenters. The molecular formula is C15H15FN4O. The lowest BCUT2D eigenvalue weighted by Gasteiger charge is -2.12. The number of carbonyl (C=O) groups excluding carboxylic acids is 1. The van der Waals surface area contributed by atoms with Crippen LogP contribution in [0.15, 0.2) is 24.5 Å². The summed E-state index contributed by atoms with van der Waals surface area (Å²) in [4.78, 5) is 21.1. The van der Waals surface area contributed by atoms with Gasteiger partial charge in [0.05, 0.1) is 12.1 Å². The van der Waals surface area contributed by atoms with E-state index in [0.29, 0.717) is 24.2 Å². The van der Waals surface area contributed by atoms with Crippen LogP contribution < -0.4 is 10.2 Å². The van der Waals surface area contributed by atoms with Crippen LogP contribution in [0.3, 0.4) is 0 Å². The number of aromatic nitrogens is 2. The molecule has 1 aromatic heterocycles. The van der Waals surface area contributed by atoms with Crippen molar-refractivity contribution in [3.8, 4) is 0 Å². The number of anilines is 3. The number of fused-ring (bicyclic) bond motifs is 1. The maximum atomic E-state index is 14.1. The third kappa shape index (κ3) is 2.33. The van der Waals surface area contributed by atoms with Crippen molar-refractivity contribution in [3.63, 3.8) is 0 Å². The average Bonchev–Trinajstić information content (AvgIpc) is 2.76. The van der Waals surface area contributed by atoms with E-state index >= 15 is 0 Å². The van der Waals surface area contributed by atoms with Gasteiger partial charge in [0.15, 0.2) is 11.6 Å². The fourth-order valence-electron chi connectivity index (χ4n) is 2.42. The van der Waals surface area contributed by atoms with Gasteiger partial charge in [-0.05, 0) is 30.2 Å². The van der Waals surface area contributed by atoms with E-state index in [1.165, 1.54) is 6.33 Å². The Morgan fingerprint density at radius 2 is 2.19 bits per heavy atom. The van der Waals surface area contributed by atoms with E-state index in [1.807, 2.05) is 19.1 Å². The van der Waals surface area contributed by atoms with Crippen LogP contribution in [0.5, 0.6) is 0 Å². The molecule has 0 spiro atoms. The van der Waals surface area contributed by atoms with Crippen LogP contribution in [0.25, 0.3) is 0 Å². The molecule has 21 heavy (non-hydrogen) atoms. The van der Waals surface area contributed by atoms with Crippen LogP contribution in [0.2, 0.25) is 0 Å². The normalized spacial score (nSPS) is 13.5. The van der Waals surface area contributed by atoms with Gasteiger partial charge in [0.25, 0.3) is 0 Å². The highest BCUT2D eigenvalue weighted by Crippen LogP contribution is 2.31. The Bertz CT molecular complexity index is 717. The smallest absolute Gasteiger partial charge is 0.231 e. The number of hydrogen-bond acceptors (Lipinski definition) is 4. The molecule has 1 amide bonds.